The predicted molar refractivity (Wildman–Crippen MR) is 67.6 cm³/mol. The number of hydrogen-bond acceptors (Lipinski definition) is 3. The fraction of sp³-hybridized carbons (Fsp3) is 0.357. The van der Waals surface area contributed by atoms with Crippen LogP contribution in [0.25, 0.3) is 0 Å². The molecular formula is C14H17FN2O. The Morgan fingerprint density at radius 2 is 2.22 bits per heavy atom. The van der Waals surface area contributed by atoms with Crippen molar-refractivity contribution in [2.75, 3.05) is 0 Å². The Morgan fingerprint density at radius 3 is 2.89 bits per heavy atom. The van der Waals surface area contributed by atoms with Gasteiger partial charge in [-0.2, -0.15) is 0 Å². The minimum absolute atomic E-state index is 0.188. The Kier molecular flexibility index (Phi) is 4.10. The maximum Gasteiger partial charge on any atom is 0.133 e. The maximum atomic E-state index is 13.0. The van der Waals surface area contributed by atoms with Crippen LogP contribution in [0.5, 0.6) is 0 Å². The molecule has 0 bridgehead atoms. The van der Waals surface area contributed by atoms with E-state index in [1.54, 1.807) is 12.1 Å². The summed E-state index contributed by atoms with van der Waals surface area (Å²) in [5, 5.41) is 7.25. The number of nitrogens with one attached hydrogen (secondary N) is 1. The standard InChI is InChI=1S/C14H17FN2O/c1-10(6-12-4-3-5-13(15)8-12)16-9-14-7-11(2)18-17-14/h3-5,7-8,10,16H,6,9H2,1-2H3. The molecule has 18 heavy (non-hydrogen) atoms. The van der Waals surface area contributed by atoms with Crippen molar-refractivity contribution in [1.82, 2.24) is 10.5 Å². The van der Waals surface area contributed by atoms with Gasteiger partial charge in [-0.3, -0.25) is 0 Å². The highest BCUT2D eigenvalue weighted by atomic mass is 19.1. The van der Waals surface area contributed by atoms with Crippen LogP contribution in [0.2, 0.25) is 0 Å². The van der Waals surface area contributed by atoms with Crippen LogP contribution < -0.4 is 5.32 Å². The Bertz CT molecular complexity index is 510. The van der Waals surface area contributed by atoms with Gasteiger partial charge in [-0.05, 0) is 38.0 Å². The highest BCUT2D eigenvalue weighted by Gasteiger charge is 2.06. The predicted octanol–water partition coefficient (Wildman–Crippen LogP) is 2.84. The van der Waals surface area contributed by atoms with Crippen molar-refractivity contribution in [3.8, 4) is 0 Å². The summed E-state index contributed by atoms with van der Waals surface area (Å²) in [5.74, 6) is 0.622. The van der Waals surface area contributed by atoms with Crippen molar-refractivity contribution in [2.45, 2.75) is 32.9 Å². The molecule has 1 heterocycles. The van der Waals surface area contributed by atoms with Crippen LogP contribution in [-0.2, 0) is 13.0 Å². The Morgan fingerprint density at radius 1 is 1.39 bits per heavy atom. The van der Waals surface area contributed by atoms with Crippen LogP contribution in [0.4, 0.5) is 4.39 Å². The molecule has 0 saturated carbocycles. The van der Waals surface area contributed by atoms with E-state index in [0.717, 1.165) is 23.4 Å². The summed E-state index contributed by atoms with van der Waals surface area (Å²) in [6.45, 7) is 4.60. The fourth-order valence-corrected chi connectivity index (χ4v) is 1.87. The lowest BCUT2D eigenvalue weighted by Crippen LogP contribution is -2.27. The van der Waals surface area contributed by atoms with E-state index in [1.165, 1.54) is 6.07 Å². The first-order chi connectivity index (χ1) is 8.63. The van der Waals surface area contributed by atoms with Crippen molar-refractivity contribution in [2.24, 2.45) is 0 Å². The average molecular weight is 248 g/mol. The normalized spacial score (nSPS) is 12.6. The maximum absolute atomic E-state index is 13.0. The fourth-order valence-electron chi connectivity index (χ4n) is 1.87. The highest BCUT2D eigenvalue weighted by Crippen LogP contribution is 2.07. The second kappa shape index (κ2) is 5.78. The summed E-state index contributed by atoms with van der Waals surface area (Å²) in [6.07, 6.45) is 0.786. The second-order valence-electron chi connectivity index (χ2n) is 4.54. The first-order valence-electron chi connectivity index (χ1n) is 6.03. The number of nitrogens with zero attached hydrogens (tertiary/aromatic N) is 1. The van der Waals surface area contributed by atoms with Gasteiger partial charge in [-0.15, -0.1) is 0 Å². The molecule has 3 nitrogen and oxygen atoms in total. The molecule has 2 rings (SSSR count). The summed E-state index contributed by atoms with van der Waals surface area (Å²) in [6, 6.07) is 8.85. The Balaban J connectivity index is 1.83. The molecule has 0 aliphatic carbocycles. The molecule has 0 saturated heterocycles. The van der Waals surface area contributed by atoms with Crippen LogP contribution in [0.3, 0.4) is 0 Å². The third kappa shape index (κ3) is 3.67. The van der Waals surface area contributed by atoms with Crippen LogP contribution in [0, 0.1) is 12.7 Å². The largest absolute Gasteiger partial charge is 0.361 e. The van der Waals surface area contributed by atoms with E-state index in [4.69, 9.17) is 4.52 Å². The quantitative estimate of drug-likeness (QED) is 0.884. The molecule has 1 atom stereocenters. The molecule has 0 fully saturated rings. The first kappa shape index (κ1) is 12.8. The third-order valence-corrected chi connectivity index (χ3v) is 2.74. The van der Waals surface area contributed by atoms with E-state index in [2.05, 4.69) is 17.4 Å². The first-order valence-corrected chi connectivity index (χ1v) is 6.03. The second-order valence-corrected chi connectivity index (χ2v) is 4.54. The molecule has 1 aromatic heterocycles. The van der Waals surface area contributed by atoms with Crippen LogP contribution in [0.15, 0.2) is 34.9 Å². The van der Waals surface area contributed by atoms with E-state index in [0.29, 0.717) is 6.54 Å². The molecule has 0 spiro atoms. The van der Waals surface area contributed by atoms with E-state index in [-0.39, 0.29) is 11.9 Å². The zero-order valence-corrected chi connectivity index (χ0v) is 10.6. The summed E-state index contributed by atoms with van der Waals surface area (Å²) in [4.78, 5) is 0. The van der Waals surface area contributed by atoms with Gasteiger partial charge < -0.3 is 9.84 Å². The van der Waals surface area contributed by atoms with Crippen LogP contribution in [-0.4, -0.2) is 11.2 Å². The minimum Gasteiger partial charge on any atom is -0.361 e. The van der Waals surface area contributed by atoms with Gasteiger partial charge in [0.2, 0.25) is 0 Å². The van der Waals surface area contributed by atoms with E-state index in [9.17, 15) is 4.39 Å². The van der Waals surface area contributed by atoms with Crippen LogP contribution >= 0.6 is 0 Å². The highest BCUT2D eigenvalue weighted by molar-refractivity contribution is 5.17. The monoisotopic (exact) mass is 248 g/mol. The number of benzene rings is 1. The molecule has 1 N–H and O–H groups in total. The molecule has 1 aromatic carbocycles. The molecule has 96 valence electrons. The SMILES string of the molecule is Cc1cc(CNC(C)Cc2cccc(F)c2)no1. The number of rotatable bonds is 5. The summed E-state index contributed by atoms with van der Waals surface area (Å²) >= 11 is 0. The van der Waals surface area contributed by atoms with E-state index in [1.807, 2.05) is 19.1 Å². The van der Waals surface area contributed by atoms with Crippen LogP contribution in [0.1, 0.15) is 23.9 Å². The molecule has 0 radical (unpaired) electrons. The van der Waals surface area contributed by atoms with Crippen molar-refractivity contribution >= 4 is 0 Å². The summed E-state index contributed by atoms with van der Waals surface area (Å²) < 4.78 is 18.0. The number of halogens is 1. The van der Waals surface area contributed by atoms with E-state index < -0.39 is 0 Å². The molecule has 1 unspecified atom stereocenters. The van der Waals surface area contributed by atoms with Gasteiger partial charge in [-0.1, -0.05) is 17.3 Å². The summed E-state index contributed by atoms with van der Waals surface area (Å²) in [5.41, 5.74) is 1.88. The molecule has 0 aliphatic heterocycles. The smallest absolute Gasteiger partial charge is 0.133 e. The summed E-state index contributed by atoms with van der Waals surface area (Å²) in [7, 11) is 0. The molecule has 0 aliphatic rings. The van der Waals surface area contributed by atoms with Crippen molar-refractivity contribution in [3.05, 3.63) is 53.2 Å². The van der Waals surface area contributed by atoms with Crippen molar-refractivity contribution in [3.63, 3.8) is 0 Å². The third-order valence-electron chi connectivity index (χ3n) is 2.74. The van der Waals surface area contributed by atoms with E-state index >= 15 is 0 Å². The Labute approximate surface area is 106 Å². The number of aryl methyl sites for hydroxylation is 1. The van der Waals surface area contributed by atoms with Gasteiger partial charge >= 0.3 is 0 Å². The minimum atomic E-state index is -0.188. The lowest BCUT2D eigenvalue weighted by molar-refractivity contribution is 0.386. The zero-order chi connectivity index (χ0) is 13.0. The lowest BCUT2D eigenvalue weighted by Gasteiger charge is -2.12. The van der Waals surface area contributed by atoms with Gasteiger partial charge in [0.25, 0.3) is 0 Å². The average Bonchev–Trinajstić information content (AvgIpc) is 2.73. The zero-order valence-electron chi connectivity index (χ0n) is 10.6. The number of hydrogen-bond donors (Lipinski definition) is 1. The van der Waals surface area contributed by atoms with Gasteiger partial charge in [0.1, 0.15) is 11.6 Å². The van der Waals surface area contributed by atoms with Gasteiger partial charge in [-0.25, -0.2) is 4.39 Å². The molecule has 2 aromatic rings. The van der Waals surface area contributed by atoms with Crippen molar-refractivity contribution in [1.29, 1.82) is 0 Å². The number of aromatic nitrogens is 1. The molecule has 4 heteroatoms. The van der Waals surface area contributed by atoms with Gasteiger partial charge in [0.05, 0.1) is 5.69 Å². The lowest BCUT2D eigenvalue weighted by atomic mass is 10.1. The Hall–Kier alpha value is -1.68. The topological polar surface area (TPSA) is 38.1 Å². The molecular weight excluding hydrogens is 231 g/mol. The van der Waals surface area contributed by atoms with Crippen molar-refractivity contribution < 1.29 is 8.91 Å². The molecule has 0 amide bonds. The van der Waals surface area contributed by atoms with Gasteiger partial charge in [0, 0.05) is 18.7 Å². The van der Waals surface area contributed by atoms with Gasteiger partial charge in [0.15, 0.2) is 0 Å².